The molecule has 3 rings (SSSR count). The first-order valence-electron chi connectivity index (χ1n) is 8.46. The first kappa shape index (κ1) is 18.5. The molecule has 7 heteroatoms. The molecule has 0 spiro atoms. The van der Waals surface area contributed by atoms with Crippen LogP contribution in [0.1, 0.15) is 26.6 Å². The molecule has 0 saturated heterocycles. The van der Waals surface area contributed by atoms with Crippen molar-refractivity contribution in [1.82, 2.24) is 14.9 Å². The van der Waals surface area contributed by atoms with E-state index in [2.05, 4.69) is 39.7 Å². The van der Waals surface area contributed by atoms with Crippen LogP contribution in [-0.4, -0.2) is 53.7 Å². The molecule has 1 aromatic heterocycles. The van der Waals surface area contributed by atoms with Gasteiger partial charge in [-0.05, 0) is 0 Å². The van der Waals surface area contributed by atoms with Crippen molar-refractivity contribution in [3.63, 3.8) is 0 Å². The Bertz CT molecular complexity index is 812. The minimum absolute atomic E-state index is 0.0178. The molecule has 1 amide bonds. The van der Waals surface area contributed by atoms with Crippen LogP contribution in [0.5, 0.6) is 0 Å². The Morgan fingerprint density at radius 3 is 2.88 bits per heavy atom. The molecule has 1 N–H and O–H groups in total. The SMILES string of the molecule is [CH2]=[Al][CH]1Cc2nc3ccc(SC)cc3n2CC1NC(=O)OC(C)(C)C. The van der Waals surface area contributed by atoms with Crippen LogP contribution >= 0.6 is 11.8 Å². The summed E-state index contributed by atoms with van der Waals surface area (Å²) in [6, 6.07) is 6.39. The number of carbonyl (C=O) groups excluding carboxylic acids is 1. The fourth-order valence-corrected chi connectivity index (χ4v) is 4.54. The second-order valence-corrected chi connectivity index (χ2v) is 9.56. The fraction of sp³-hybridized carbons (Fsp3) is 0.500. The van der Waals surface area contributed by atoms with Crippen LogP contribution in [0.25, 0.3) is 11.0 Å². The van der Waals surface area contributed by atoms with Gasteiger partial charge in [-0.2, -0.15) is 0 Å². The number of rotatable bonds is 3. The molecule has 0 aliphatic carbocycles. The van der Waals surface area contributed by atoms with Gasteiger partial charge >= 0.3 is 159 Å². The maximum atomic E-state index is 12.2. The molecular weight excluding hydrogens is 349 g/mol. The third-order valence-electron chi connectivity index (χ3n) is 4.35. The molecular formula is C18H24AlN3O2S. The van der Waals surface area contributed by atoms with E-state index in [1.54, 1.807) is 11.8 Å². The zero-order chi connectivity index (χ0) is 18.2. The normalized spacial score (nSPS) is 20.0. The topological polar surface area (TPSA) is 56.2 Å². The first-order valence-corrected chi connectivity index (χ1v) is 11.2. The van der Waals surface area contributed by atoms with Crippen LogP contribution in [0.4, 0.5) is 4.79 Å². The molecule has 1 aromatic carbocycles. The van der Waals surface area contributed by atoms with E-state index in [1.807, 2.05) is 20.8 Å². The van der Waals surface area contributed by atoms with Crippen molar-refractivity contribution in [3.8, 4) is 0 Å². The number of benzene rings is 1. The van der Waals surface area contributed by atoms with E-state index < -0.39 is 5.60 Å². The van der Waals surface area contributed by atoms with Gasteiger partial charge in [0.1, 0.15) is 0 Å². The number of ether oxygens (including phenoxy) is 1. The quantitative estimate of drug-likeness (QED) is 0.663. The van der Waals surface area contributed by atoms with E-state index in [-0.39, 0.29) is 26.9 Å². The van der Waals surface area contributed by atoms with Crippen molar-refractivity contribution in [2.75, 3.05) is 6.26 Å². The van der Waals surface area contributed by atoms with E-state index in [0.29, 0.717) is 4.78 Å². The molecule has 0 bridgehead atoms. The molecule has 25 heavy (non-hydrogen) atoms. The van der Waals surface area contributed by atoms with Crippen LogP contribution in [-0.2, 0) is 17.7 Å². The number of carbonyl (C=O) groups is 1. The van der Waals surface area contributed by atoms with Gasteiger partial charge < -0.3 is 0 Å². The molecule has 0 radical (unpaired) electrons. The van der Waals surface area contributed by atoms with E-state index in [1.165, 1.54) is 4.90 Å². The standard InChI is InChI=1S/C17H22N3O2S.CH2.Al/c1-17(2,3)22-16(21)18-11-5-8-15-19-13-7-6-12(23-4)9-14(13)20(15)10-11;;/h5-7,9,11H,8,10H2,1-4H3,(H,18,21);1H2;. The summed E-state index contributed by atoms with van der Waals surface area (Å²) in [5.41, 5.74) is 1.66. The van der Waals surface area contributed by atoms with E-state index in [9.17, 15) is 4.79 Å². The van der Waals surface area contributed by atoms with Gasteiger partial charge in [0.05, 0.1) is 0 Å². The summed E-state index contributed by atoms with van der Waals surface area (Å²) < 4.78 is 8.02. The van der Waals surface area contributed by atoms with E-state index in [4.69, 9.17) is 9.72 Å². The third-order valence-corrected chi connectivity index (χ3v) is 6.38. The Balaban J connectivity index is 1.88. The number of amides is 1. The Hall–Kier alpha value is -1.29. The van der Waals surface area contributed by atoms with Gasteiger partial charge in [0.25, 0.3) is 0 Å². The van der Waals surface area contributed by atoms with Gasteiger partial charge in [-0.1, -0.05) is 0 Å². The number of imidazole rings is 1. The second-order valence-electron chi connectivity index (χ2n) is 7.35. The summed E-state index contributed by atoms with van der Waals surface area (Å²) in [7, 11) is 0. The summed E-state index contributed by atoms with van der Waals surface area (Å²) in [6.07, 6.45) is 2.57. The molecule has 0 fully saturated rings. The Kier molecular flexibility index (Phi) is 5.29. The van der Waals surface area contributed by atoms with Crippen molar-refractivity contribution in [2.45, 2.75) is 55.1 Å². The van der Waals surface area contributed by atoms with Gasteiger partial charge in [-0.15, -0.1) is 0 Å². The van der Waals surface area contributed by atoms with Crippen LogP contribution in [0.2, 0.25) is 4.78 Å². The minimum atomic E-state index is -0.494. The summed E-state index contributed by atoms with van der Waals surface area (Å²) in [6.45, 7) is 6.35. The molecule has 1 aliphatic heterocycles. The average molecular weight is 373 g/mol. The van der Waals surface area contributed by atoms with Crippen molar-refractivity contribution < 1.29 is 9.53 Å². The van der Waals surface area contributed by atoms with Crippen LogP contribution in [0.3, 0.4) is 0 Å². The average Bonchev–Trinajstić information content (AvgIpc) is 2.88. The van der Waals surface area contributed by atoms with Crippen LogP contribution < -0.4 is 5.32 Å². The van der Waals surface area contributed by atoms with Gasteiger partial charge in [0.2, 0.25) is 0 Å². The van der Waals surface area contributed by atoms with Gasteiger partial charge in [-0.25, -0.2) is 0 Å². The van der Waals surface area contributed by atoms with Crippen molar-refractivity contribution in [1.29, 1.82) is 0 Å². The fourth-order valence-electron chi connectivity index (χ4n) is 3.18. The molecule has 1 aliphatic rings. The number of thioether (sulfide) groups is 1. The third kappa shape index (κ3) is 4.11. The molecule has 2 atom stereocenters. The molecule has 2 unspecified atom stereocenters. The van der Waals surface area contributed by atoms with Crippen molar-refractivity contribution in [2.24, 2.45) is 0 Å². The Morgan fingerprint density at radius 1 is 1.48 bits per heavy atom. The predicted molar refractivity (Wildman–Crippen MR) is 105 cm³/mol. The molecule has 2 heterocycles. The number of nitrogens with zero attached hydrogens (tertiary/aromatic N) is 2. The summed E-state index contributed by atoms with van der Waals surface area (Å²) in [4.78, 5) is 18.2. The monoisotopic (exact) mass is 373 g/mol. The second kappa shape index (κ2) is 7.14. The Morgan fingerprint density at radius 2 is 2.24 bits per heavy atom. The molecule has 132 valence electrons. The van der Waals surface area contributed by atoms with Crippen LogP contribution in [0.15, 0.2) is 23.1 Å². The van der Waals surface area contributed by atoms with Gasteiger partial charge in [-0.3, -0.25) is 0 Å². The molecule has 2 aromatic rings. The van der Waals surface area contributed by atoms with Crippen LogP contribution in [0, 0.1) is 0 Å². The molecule has 0 saturated carbocycles. The van der Waals surface area contributed by atoms with Gasteiger partial charge in [0.15, 0.2) is 0 Å². The molecule has 5 nitrogen and oxygen atoms in total. The van der Waals surface area contributed by atoms with E-state index >= 15 is 0 Å². The zero-order valence-corrected chi connectivity index (χ0v) is 17.2. The number of fused-ring (bicyclic) bond motifs is 3. The first-order chi connectivity index (χ1) is 11.8. The number of nitrogens with one attached hydrogen (secondary N) is 1. The predicted octanol–water partition coefficient (Wildman–Crippen LogP) is 3.13. The number of alkyl carbamates (subject to hydrolysis) is 1. The zero-order valence-electron chi connectivity index (χ0n) is 15.2. The summed E-state index contributed by atoms with van der Waals surface area (Å²) in [5, 5.41) is 7.21. The van der Waals surface area contributed by atoms with Crippen molar-refractivity contribution >= 4 is 49.1 Å². The van der Waals surface area contributed by atoms with Gasteiger partial charge in [0, 0.05) is 0 Å². The number of hydrogen-bond donors (Lipinski definition) is 1. The number of aromatic nitrogens is 2. The van der Waals surface area contributed by atoms with Crippen molar-refractivity contribution in [3.05, 3.63) is 24.0 Å². The summed E-state index contributed by atoms with van der Waals surface area (Å²) >= 11 is 1.71. The Labute approximate surface area is 158 Å². The number of hydrogen-bond acceptors (Lipinski definition) is 4. The summed E-state index contributed by atoms with van der Waals surface area (Å²) in [5.74, 6) is 1.09. The maximum absolute atomic E-state index is 12.2. The van der Waals surface area contributed by atoms with E-state index in [0.717, 1.165) is 29.8 Å².